The molecule has 174 valence electrons. The predicted octanol–water partition coefficient (Wildman–Crippen LogP) is 2.63. The van der Waals surface area contributed by atoms with Crippen LogP contribution in [0.1, 0.15) is 30.0 Å². The summed E-state index contributed by atoms with van der Waals surface area (Å²) in [6.07, 6.45) is 1.53. The number of nitrogens with zero attached hydrogens (tertiary/aromatic N) is 3. The number of aryl methyl sites for hydroxylation is 2. The Morgan fingerprint density at radius 1 is 1.03 bits per heavy atom. The second-order valence-corrected chi connectivity index (χ2v) is 9.52. The molecule has 5 rings (SSSR count). The van der Waals surface area contributed by atoms with E-state index in [-0.39, 0.29) is 11.6 Å². The molecule has 9 heteroatoms. The fourth-order valence-electron chi connectivity index (χ4n) is 4.44. The van der Waals surface area contributed by atoms with Gasteiger partial charge in [0.1, 0.15) is 11.2 Å². The van der Waals surface area contributed by atoms with Crippen LogP contribution in [0.15, 0.2) is 56.8 Å². The zero-order valence-corrected chi connectivity index (χ0v) is 20.4. The number of nitrogens with one attached hydrogen (secondary N) is 1. The van der Waals surface area contributed by atoms with Crippen LogP contribution in [-0.4, -0.2) is 13.7 Å². The first kappa shape index (κ1) is 22.2. The van der Waals surface area contributed by atoms with E-state index in [1.165, 1.54) is 13.7 Å². The van der Waals surface area contributed by atoms with E-state index in [1.807, 2.05) is 25.1 Å². The summed E-state index contributed by atoms with van der Waals surface area (Å²) in [5, 5.41) is 4.49. The maximum atomic E-state index is 13.8. The highest BCUT2D eigenvalue weighted by Gasteiger charge is 2.31. The van der Waals surface area contributed by atoms with Crippen LogP contribution in [0.2, 0.25) is 0 Å². The molecule has 0 radical (unpaired) electrons. The Balaban J connectivity index is 1.95. The maximum absolute atomic E-state index is 13.8. The molecule has 0 amide bonds. The van der Waals surface area contributed by atoms with Gasteiger partial charge in [-0.05, 0) is 56.3 Å². The van der Waals surface area contributed by atoms with Gasteiger partial charge in [0, 0.05) is 30.0 Å². The molecule has 8 nitrogen and oxygen atoms in total. The SMILES string of the molecule is Cc1ccc(Nc2c3c(=O)n(C4CC4)c(=O)n(-c4cccc(N)c4)c3c(C)c(=O)n2C)c(P)c1. The molecule has 1 aliphatic carbocycles. The second kappa shape index (κ2) is 7.99. The second-order valence-electron chi connectivity index (χ2n) is 8.90. The molecule has 0 bridgehead atoms. The number of nitrogen functional groups attached to an aromatic ring is 1. The Hall–Kier alpha value is -3.64. The van der Waals surface area contributed by atoms with E-state index in [1.54, 1.807) is 38.2 Å². The van der Waals surface area contributed by atoms with Crippen molar-refractivity contribution in [2.75, 3.05) is 11.1 Å². The summed E-state index contributed by atoms with van der Waals surface area (Å²) >= 11 is 0. The Labute approximate surface area is 197 Å². The van der Waals surface area contributed by atoms with Crippen LogP contribution < -0.4 is 33.2 Å². The lowest BCUT2D eigenvalue weighted by atomic mass is 10.1. The van der Waals surface area contributed by atoms with Gasteiger partial charge >= 0.3 is 5.69 Å². The Morgan fingerprint density at radius 2 is 1.76 bits per heavy atom. The first-order valence-corrected chi connectivity index (χ1v) is 11.7. The highest BCUT2D eigenvalue weighted by atomic mass is 31.0. The van der Waals surface area contributed by atoms with Crippen LogP contribution in [-0.2, 0) is 7.05 Å². The van der Waals surface area contributed by atoms with Gasteiger partial charge in [-0.1, -0.05) is 23.8 Å². The van der Waals surface area contributed by atoms with Gasteiger partial charge in [-0.3, -0.25) is 23.3 Å². The zero-order chi connectivity index (χ0) is 24.3. The molecule has 3 N–H and O–H groups in total. The first-order chi connectivity index (χ1) is 16.2. The van der Waals surface area contributed by atoms with E-state index in [2.05, 4.69) is 14.6 Å². The van der Waals surface area contributed by atoms with Crippen LogP contribution in [0.25, 0.3) is 16.6 Å². The van der Waals surface area contributed by atoms with Crippen LogP contribution in [0.4, 0.5) is 17.2 Å². The molecule has 2 aromatic heterocycles. The monoisotopic (exact) mass is 475 g/mol. The Kier molecular flexibility index (Phi) is 5.21. The topological polar surface area (TPSA) is 104 Å². The Bertz CT molecular complexity index is 1660. The van der Waals surface area contributed by atoms with E-state index in [4.69, 9.17) is 5.73 Å². The lowest BCUT2D eigenvalue weighted by molar-refractivity contribution is 0.643. The number of nitrogens with two attached hydrogens (primary N) is 1. The molecular weight excluding hydrogens is 449 g/mol. The molecule has 0 saturated heterocycles. The molecule has 34 heavy (non-hydrogen) atoms. The van der Waals surface area contributed by atoms with E-state index < -0.39 is 11.2 Å². The molecular formula is C25H26N5O3P. The van der Waals surface area contributed by atoms with Crippen molar-refractivity contribution in [2.45, 2.75) is 32.7 Å². The largest absolute Gasteiger partial charge is 0.399 e. The molecule has 0 spiro atoms. The number of hydrogen-bond acceptors (Lipinski definition) is 5. The maximum Gasteiger partial charge on any atom is 0.336 e. The van der Waals surface area contributed by atoms with Crippen molar-refractivity contribution in [3.05, 3.63) is 84.8 Å². The molecule has 0 aliphatic heterocycles. The summed E-state index contributed by atoms with van der Waals surface area (Å²) in [5.74, 6) is 0.343. The average molecular weight is 475 g/mol. The van der Waals surface area contributed by atoms with Crippen molar-refractivity contribution >= 4 is 42.6 Å². The van der Waals surface area contributed by atoms with Crippen LogP contribution in [0.3, 0.4) is 0 Å². The standard InChI is InChI=1S/C25H26N5O3P/c1-13-7-10-18(19(34)11-13)27-22-20-21(14(2)23(31)28(22)3)29(17-6-4-5-15(26)12-17)25(33)30(24(20)32)16-8-9-16/h4-7,10-12,16,27H,8-9,26,34H2,1-3H3. The molecule has 1 aliphatic rings. The minimum Gasteiger partial charge on any atom is -0.399 e. The van der Waals surface area contributed by atoms with Gasteiger partial charge in [0.2, 0.25) is 0 Å². The summed E-state index contributed by atoms with van der Waals surface area (Å²) in [4.78, 5) is 40.8. The number of anilines is 3. The van der Waals surface area contributed by atoms with E-state index in [9.17, 15) is 14.4 Å². The van der Waals surface area contributed by atoms with E-state index >= 15 is 0 Å². The van der Waals surface area contributed by atoms with Crippen LogP contribution >= 0.6 is 9.24 Å². The van der Waals surface area contributed by atoms with Crippen molar-refractivity contribution in [3.63, 3.8) is 0 Å². The van der Waals surface area contributed by atoms with Gasteiger partial charge in [-0.15, -0.1) is 9.24 Å². The van der Waals surface area contributed by atoms with Gasteiger partial charge in [0.05, 0.1) is 11.2 Å². The van der Waals surface area contributed by atoms with E-state index in [0.29, 0.717) is 33.7 Å². The molecule has 1 unspecified atom stereocenters. The number of hydrogen-bond donors (Lipinski definition) is 2. The fraction of sp³-hybridized carbons (Fsp3) is 0.240. The zero-order valence-electron chi connectivity index (χ0n) is 19.3. The summed E-state index contributed by atoms with van der Waals surface area (Å²) < 4.78 is 4.20. The Morgan fingerprint density at radius 3 is 2.41 bits per heavy atom. The minimum absolute atomic E-state index is 0.154. The molecule has 4 aromatic rings. The molecule has 1 fully saturated rings. The molecule has 2 heterocycles. The average Bonchev–Trinajstić information content (AvgIpc) is 3.62. The van der Waals surface area contributed by atoms with Crippen LogP contribution in [0, 0.1) is 13.8 Å². The van der Waals surface area contributed by atoms with Crippen molar-refractivity contribution < 1.29 is 0 Å². The number of fused-ring (bicyclic) bond motifs is 1. The minimum atomic E-state index is -0.463. The third-order valence-corrected chi connectivity index (χ3v) is 6.82. The fourth-order valence-corrected chi connectivity index (χ4v) is 4.87. The first-order valence-electron chi connectivity index (χ1n) is 11.1. The van der Waals surface area contributed by atoms with Gasteiger partial charge in [-0.2, -0.15) is 0 Å². The summed E-state index contributed by atoms with van der Waals surface area (Å²) in [7, 11) is 4.31. The molecule has 1 atom stereocenters. The number of pyridine rings is 1. The van der Waals surface area contributed by atoms with Crippen molar-refractivity contribution in [3.8, 4) is 5.69 Å². The summed E-state index contributed by atoms with van der Waals surface area (Å²) in [6.45, 7) is 3.64. The molecule has 1 saturated carbocycles. The van der Waals surface area contributed by atoms with Crippen molar-refractivity contribution in [1.29, 1.82) is 0 Å². The lowest BCUT2D eigenvalue weighted by Crippen LogP contribution is -2.41. The normalized spacial score (nSPS) is 13.4. The highest BCUT2D eigenvalue weighted by Crippen LogP contribution is 2.34. The predicted molar refractivity (Wildman–Crippen MR) is 140 cm³/mol. The van der Waals surface area contributed by atoms with Gasteiger partial charge < -0.3 is 11.1 Å². The third kappa shape index (κ3) is 3.46. The number of aromatic nitrogens is 3. The van der Waals surface area contributed by atoms with E-state index in [0.717, 1.165) is 29.4 Å². The highest BCUT2D eigenvalue weighted by molar-refractivity contribution is 7.28. The third-order valence-electron chi connectivity index (χ3n) is 6.34. The van der Waals surface area contributed by atoms with Gasteiger partial charge in [0.15, 0.2) is 0 Å². The summed E-state index contributed by atoms with van der Waals surface area (Å²) in [5.41, 5.74) is 8.29. The summed E-state index contributed by atoms with van der Waals surface area (Å²) in [6, 6.07) is 12.6. The smallest absolute Gasteiger partial charge is 0.336 e. The van der Waals surface area contributed by atoms with Crippen LogP contribution in [0.5, 0.6) is 0 Å². The number of benzene rings is 2. The van der Waals surface area contributed by atoms with Gasteiger partial charge in [-0.25, -0.2) is 4.79 Å². The number of rotatable bonds is 4. The molecule has 2 aromatic carbocycles. The lowest BCUT2D eigenvalue weighted by Gasteiger charge is -2.21. The van der Waals surface area contributed by atoms with Crippen molar-refractivity contribution in [1.82, 2.24) is 13.7 Å². The quantitative estimate of drug-likeness (QED) is 0.349. The van der Waals surface area contributed by atoms with Crippen molar-refractivity contribution in [2.24, 2.45) is 7.05 Å². The van der Waals surface area contributed by atoms with Gasteiger partial charge in [0.25, 0.3) is 11.1 Å².